The zero-order chi connectivity index (χ0) is 29.3. The fraction of sp³-hybridized carbons (Fsp3) is 0. The van der Waals surface area contributed by atoms with Crippen LogP contribution in [0, 0.1) is 0 Å². The van der Waals surface area contributed by atoms with Crippen LogP contribution in [0.4, 0.5) is 17.1 Å². The predicted molar refractivity (Wildman–Crippen MR) is 190 cm³/mol. The number of thiophene rings is 1. The third-order valence-electron chi connectivity index (χ3n) is 8.30. The van der Waals surface area contributed by atoms with Crippen molar-refractivity contribution in [2.45, 2.75) is 0 Å². The van der Waals surface area contributed by atoms with E-state index in [0.29, 0.717) is 0 Å². The molecule has 0 aliphatic rings. The average Bonchev–Trinajstić information content (AvgIpc) is 3.48. The van der Waals surface area contributed by atoms with Crippen LogP contribution in [-0.2, 0) is 0 Å². The van der Waals surface area contributed by atoms with Crippen LogP contribution in [0.1, 0.15) is 0 Å². The van der Waals surface area contributed by atoms with Crippen LogP contribution in [0.5, 0.6) is 0 Å². The molecule has 0 fully saturated rings. The molecule has 44 heavy (non-hydrogen) atoms. The topological polar surface area (TPSA) is 3.24 Å². The van der Waals surface area contributed by atoms with Gasteiger partial charge in [0.2, 0.25) is 0 Å². The van der Waals surface area contributed by atoms with E-state index in [9.17, 15) is 0 Å². The molecule has 1 heterocycles. The van der Waals surface area contributed by atoms with Crippen molar-refractivity contribution in [3.63, 3.8) is 0 Å². The van der Waals surface area contributed by atoms with Crippen LogP contribution in [0.15, 0.2) is 176 Å². The van der Waals surface area contributed by atoms with Crippen molar-refractivity contribution in [3.8, 4) is 33.4 Å². The Morgan fingerprint density at radius 1 is 0.295 bits per heavy atom. The van der Waals surface area contributed by atoms with Crippen LogP contribution < -0.4 is 4.90 Å². The van der Waals surface area contributed by atoms with Crippen LogP contribution in [0.25, 0.3) is 53.6 Å². The summed E-state index contributed by atoms with van der Waals surface area (Å²) >= 11 is 1.85. The van der Waals surface area contributed by atoms with E-state index in [0.717, 1.165) is 17.1 Å². The zero-order valence-corrected chi connectivity index (χ0v) is 24.9. The molecule has 7 aromatic carbocycles. The summed E-state index contributed by atoms with van der Waals surface area (Å²) in [4.78, 5) is 2.36. The Labute approximate surface area is 261 Å². The van der Waals surface area contributed by atoms with Gasteiger partial charge in [0.1, 0.15) is 0 Å². The third kappa shape index (κ3) is 4.96. The van der Waals surface area contributed by atoms with Gasteiger partial charge >= 0.3 is 0 Å². The molecular weight excluding hydrogens is 551 g/mol. The first-order valence-corrected chi connectivity index (χ1v) is 15.7. The maximum Gasteiger partial charge on any atom is 0.0468 e. The van der Waals surface area contributed by atoms with E-state index in [1.807, 2.05) is 11.3 Å². The molecule has 208 valence electrons. The quantitative estimate of drug-likeness (QED) is 0.189. The highest BCUT2D eigenvalue weighted by molar-refractivity contribution is 7.25. The van der Waals surface area contributed by atoms with E-state index in [4.69, 9.17) is 0 Å². The molecule has 0 N–H and O–H groups in total. The Bertz CT molecular complexity index is 2180. The molecule has 0 unspecified atom stereocenters. The maximum absolute atomic E-state index is 2.36. The number of nitrogens with zero attached hydrogens (tertiary/aromatic N) is 1. The number of anilines is 3. The monoisotopic (exact) mass is 579 g/mol. The highest BCUT2D eigenvalue weighted by atomic mass is 32.1. The van der Waals surface area contributed by atoms with Crippen molar-refractivity contribution in [2.24, 2.45) is 0 Å². The molecule has 2 heteroatoms. The van der Waals surface area contributed by atoms with Crippen molar-refractivity contribution >= 4 is 48.6 Å². The molecule has 0 aliphatic carbocycles. The summed E-state index contributed by atoms with van der Waals surface area (Å²) in [5.74, 6) is 0. The van der Waals surface area contributed by atoms with Crippen molar-refractivity contribution in [1.29, 1.82) is 0 Å². The lowest BCUT2D eigenvalue weighted by Crippen LogP contribution is -2.09. The highest BCUT2D eigenvalue weighted by Gasteiger charge is 2.15. The second-order valence-electron chi connectivity index (χ2n) is 11.0. The Morgan fingerprint density at radius 3 is 1.20 bits per heavy atom. The van der Waals surface area contributed by atoms with E-state index >= 15 is 0 Å². The molecule has 0 saturated heterocycles. The lowest BCUT2D eigenvalue weighted by atomic mass is 10.00. The Balaban J connectivity index is 1.18. The smallest absolute Gasteiger partial charge is 0.0468 e. The van der Waals surface area contributed by atoms with E-state index in [1.165, 1.54) is 53.6 Å². The minimum Gasteiger partial charge on any atom is -0.310 e. The largest absolute Gasteiger partial charge is 0.310 e. The highest BCUT2D eigenvalue weighted by Crippen LogP contribution is 2.41. The minimum absolute atomic E-state index is 1.13. The summed E-state index contributed by atoms with van der Waals surface area (Å²) in [5, 5.41) is 2.60. The first-order valence-electron chi connectivity index (χ1n) is 14.9. The van der Waals surface area contributed by atoms with Crippen LogP contribution >= 0.6 is 11.3 Å². The second kappa shape index (κ2) is 11.3. The molecule has 0 spiro atoms. The average molecular weight is 580 g/mol. The van der Waals surface area contributed by atoms with Gasteiger partial charge in [-0.2, -0.15) is 0 Å². The van der Waals surface area contributed by atoms with Crippen LogP contribution in [-0.4, -0.2) is 0 Å². The van der Waals surface area contributed by atoms with Crippen molar-refractivity contribution in [2.75, 3.05) is 4.90 Å². The van der Waals surface area contributed by atoms with Gasteiger partial charge < -0.3 is 4.90 Å². The van der Waals surface area contributed by atoms with Gasteiger partial charge in [-0.25, -0.2) is 0 Å². The summed E-state index contributed by atoms with van der Waals surface area (Å²) in [5.41, 5.74) is 10.7. The van der Waals surface area contributed by atoms with Gasteiger partial charge in [0, 0.05) is 37.2 Å². The van der Waals surface area contributed by atoms with Crippen LogP contribution in [0.2, 0.25) is 0 Å². The summed E-state index contributed by atoms with van der Waals surface area (Å²) in [7, 11) is 0. The zero-order valence-electron chi connectivity index (χ0n) is 24.1. The first kappa shape index (κ1) is 26.2. The molecule has 8 aromatic rings. The lowest BCUT2D eigenvalue weighted by molar-refractivity contribution is 1.29. The number of hydrogen-bond acceptors (Lipinski definition) is 2. The SMILES string of the molecule is c1ccc(-c2ccc(-c3ccc(N(c4ccc(-c5ccccc5)cc4)c4ccc5sc6ccccc6c5c4)cc3)cc2)cc1. The summed E-state index contributed by atoms with van der Waals surface area (Å²) in [6.07, 6.45) is 0. The standard InChI is InChI=1S/C42H29NS/c1-3-9-30(10-4-1)32-15-17-33(18-16-32)35-21-25-37(26-22-35)43(36-23-19-34(20-24-36)31-11-5-2-6-12-31)38-27-28-42-40(29-38)39-13-7-8-14-41(39)44-42/h1-29H. The molecule has 1 nitrogen and oxygen atoms in total. The van der Waals surface area contributed by atoms with Gasteiger partial charge in [0.15, 0.2) is 0 Å². The number of benzene rings is 7. The van der Waals surface area contributed by atoms with E-state index < -0.39 is 0 Å². The molecule has 0 saturated carbocycles. The summed E-state index contributed by atoms with van der Waals surface area (Å²) in [6.45, 7) is 0. The van der Waals surface area contributed by atoms with Crippen LogP contribution in [0.3, 0.4) is 0 Å². The Hall–Kier alpha value is -5.44. The van der Waals surface area contributed by atoms with Gasteiger partial charge in [-0.1, -0.05) is 127 Å². The molecular formula is C42H29NS. The lowest BCUT2D eigenvalue weighted by Gasteiger charge is -2.26. The van der Waals surface area contributed by atoms with Crippen molar-refractivity contribution < 1.29 is 0 Å². The van der Waals surface area contributed by atoms with E-state index in [2.05, 4.69) is 181 Å². The summed E-state index contributed by atoms with van der Waals surface area (Å²) < 4.78 is 2.63. The summed E-state index contributed by atoms with van der Waals surface area (Å²) in [6, 6.07) is 63.3. The predicted octanol–water partition coefficient (Wildman–Crippen LogP) is 12.5. The maximum atomic E-state index is 2.36. The van der Waals surface area contributed by atoms with E-state index in [1.54, 1.807) is 0 Å². The molecule has 1 aromatic heterocycles. The molecule has 0 aliphatic heterocycles. The Kier molecular flexibility index (Phi) is 6.75. The number of fused-ring (bicyclic) bond motifs is 3. The van der Waals surface area contributed by atoms with Gasteiger partial charge in [-0.3, -0.25) is 0 Å². The number of hydrogen-bond donors (Lipinski definition) is 0. The number of rotatable bonds is 6. The molecule has 0 amide bonds. The Morgan fingerprint density at radius 2 is 0.682 bits per heavy atom. The van der Waals surface area contributed by atoms with Gasteiger partial charge in [0.25, 0.3) is 0 Å². The normalized spacial score (nSPS) is 11.2. The van der Waals surface area contributed by atoms with Crippen molar-refractivity contribution in [3.05, 3.63) is 176 Å². The third-order valence-corrected chi connectivity index (χ3v) is 9.45. The second-order valence-corrected chi connectivity index (χ2v) is 12.1. The molecule has 0 bridgehead atoms. The fourth-order valence-electron chi connectivity index (χ4n) is 6.02. The van der Waals surface area contributed by atoms with Gasteiger partial charge in [-0.15, -0.1) is 11.3 Å². The van der Waals surface area contributed by atoms with E-state index in [-0.39, 0.29) is 0 Å². The first-order chi connectivity index (χ1) is 21.8. The molecule has 0 radical (unpaired) electrons. The minimum atomic E-state index is 1.13. The van der Waals surface area contributed by atoms with Gasteiger partial charge in [0.05, 0.1) is 0 Å². The molecule has 8 rings (SSSR count). The fourth-order valence-corrected chi connectivity index (χ4v) is 7.11. The van der Waals surface area contributed by atoms with Crippen molar-refractivity contribution in [1.82, 2.24) is 0 Å². The molecule has 0 atom stereocenters. The van der Waals surface area contributed by atoms with Gasteiger partial charge in [-0.05, 0) is 81.9 Å².